The molecule has 0 N–H and O–H groups in total. The number of thioether (sulfide) groups is 1. The summed E-state index contributed by atoms with van der Waals surface area (Å²) in [5.74, 6) is 0.153. The number of hydrogen-bond donors (Lipinski definition) is 0. The fourth-order valence-corrected chi connectivity index (χ4v) is 6.13. The molecule has 0 saturated carbocycles. The normalized spacial score (nSPS) is 17.3. The van der Waals surface area contributed by atoms with E-state index in [0.29, 0.717) is 59.0 Å². The second-order valence-electron chi connectivity index (χ2n) is 9.53. The first-order valence-corrected chi connectivity index (χ1v) is 14.1. The van der Waals surface area contributed by atoms with Gasteiger partial charge in [-0.25, -0.2) is 9.37 Å². The Labute approximate surface area is 230 Å². The third kappa shape index (κ3) is 5.19. The van der Waals surface area contributed by atoms with Crippen molar-refractivity contribution in [3.8, 4) is 0 Å². The molecule has 1 aromatic carbocycles. The lowest BCUT2D eigenvalue weighted by Crippen LogP contribution is -2.47. The molecule has 0 bridgehead atoms. The maximum atomic E-state index is 13.8. The second-order valence-corrected chi connectivity index (χ2v) is 11.2. The predicted octanol–water partition coefficient (Wildman–Crippen LogP) is 4.86. The van der Waals surface area contributed by atoms with Gasteiger partial charge in [-0.1, -0.05) is 49.8 Å². The van der Waals surface area contributed by atoms with E-state index in [4.69, 9.17) is 17.2 Å². The molecule has 5 rings (SSSR count). The minimum Gasteiger partial charge on any atom is -0.368 e. The van der Waals surface area contributed by atoms with Crippen LogP contribution in [0, 0.1) is 12.7 Å². The monoisotopic (exact) mass is 551 g/mol. The molecule has 7 nitrogen and oxygen atoms in total. The summed E-state index contributed by atoms with van der Waals surface area (Å²) in [6, 6.07) is 10.2. The lowest BCUT2D eigenvalue weighted by Gasteiger charge is -2.37. The highest BCUT2D eigenvalue weighted by Gasteiger charge is 2.33. The van der Waals surface area contributed by atoms with Crippen LogP contribution in [0.5, 0.6) is 0 Å². The molecule has 2 aliphatic heterocycles. The Kier molecular flexibility index (Phi) is 7.80. The number of amides is 1. The van der Waals surface area contributed by atoms with Crippen molar-refractivity contribution in [3.63, 3.8) is 0 Å². The van der Waals surface area contributed by atoms with Crippen LogP contribution in [0.3, 0.4) is 0 Å². The van der Waals surface area contributed by atoms with E-state index in [2.05, 4.69) is 16.7 Å². The van der Waals surface area contributed by atoms with Crippen molar-refractivity contribution in [2.45, 2.75) is 33.1 Å². The number of aromatic nitrogens is 2. The maximum Gasteiger partial charge on any atom is 0.267 e. The largest absolute Gasteiger partial charge is 0.368 e. The molecule has 2 aliphatic rings. The molecule has 198 valence electrons. The van der Waals surface area contributed by atoms with Gasteiger partial charge in [0.15, 0.2) is 0 Å². The van der Waals surface area contributed by atoms with Crippen molar-refractivity contribution in [1.82, 2.24) is 14.3 Å². The Hall–Kier alpha value is -3.24. The fraction of sp³-hybridized carbons (Fsp3) is 0.357. The molecule has 0 unspecified atom stereocenters. The quantitative estimate of drug-likeness (QED) is 0.236. The number of unbranched alkanes of at least 4 members (excludes halogenated alkanes) is 2. The number of carbonyl (C=O) groups excluding carboxylic acids is 1. The first-order valence-electron chi connectivity index (χ1n) is 12.9. The number of aryl methyl sites for hydroxylation is 1. The third-order valence-corrected chi connectivity index (χ3v) is 8.35. The van der Waals surface area contributed by atoms with Gasteiger partial charge in [0.05, 0.1) is 10.5 Å². The first-order chi connectivity index (χ1) is 18.4. The molecular formula is C28H30FN5O2S2. The highest BCUT2D eigenvalue weighted by molar-refractivity contribution is 8.26. The van der Waals surface area contributed by atoms with Crippen LogP contribution in [0.2, 0.25) is 0 Å². The third-order valence-electron chi connectivity index (χ3n) is 6.97. The standard InChI is InChI=1S/C28H30FN5O2S2/c1-3-4-5-12-34-27(36)23(38-28(34)37)18-22-25(30-24-19(2)7-6-13-33(24)26(22)35)32-16-14-31(15-17-32)21-10-8-20(29)9-11-21/h6-11,13,18H,3-5,12,14-17H2,1-2H3. The molecule has 4 heterocycles. The summed E-state index contributed by atoms with van der Waals surface area (Å²) >= 11 is 6.74. The van der Waals surface area contributed by atoms with Gasteiger partial charge in [-0.05, 0) is 55.3 Å². The van der Waals surface area contributed by atoms with Crippen molar-refractivity contribution < 1.29 is 9.18 Å². The summed E-state index contributed by atoms with van der Waals surface area (Å²) in [6.45, 7) is 7.28. The van der Waals surface area contributed by atoms with Crippen molar-refractivity contribution >= 4 is 57.4 Å². The maximum absolute atomic E-state index is 13.8. The van der Waals surface area contributed by atoms with E-state index in [1.165, 1.54) is 23.9 Å². The minimum atomic E-state index is -0.260. The first kappa shape index (κ1) is 26.4. The van der Waals surface area contributed by atoms with Crippen LogP contribution in [0.1, 0.15) is 37.3 Å². The summed E-state index contributed by atoms with van der Waals surface area (Å²) in [4.78, 5) is 38.3. The number of benzene rings is 1. The van der Waals surface area contributed by atoms with E-state index < -0.39 is 0 Å². The van der Waals surface area contributed by atoms with Gasteiger partial charge in [-0.3, -0.25) is 18.9 Å². The van der Waals surface area contributed by atoms with Gasteiger partial charge in [-0.15, -0.1) is 0 Å². The zero-order chi connectivity index (χ0) is 26.8. The average molecular weight is 552 g/mol. The lowest BCUT2D eigenvalue weighted by molar-refractivity contribution is -0.122. The topological polar surface area (TPSA) is 61.2 Å². The Morgan fingerprint density at radius 1 is 1.05 bits per heavy atom. The molecule has 10 heteroatoms. The number of thiocarbonyl (C=S) groups is 1. The number of hydrogen-bond acceptors (Lipinski definition) is 7. The molecule has 0 radical (unpaired) electrons. The number of anilines is 2. The Morgan fingerprint density at radius 2 is 1.76 bits per heavy atom. The van der Waals surface area contributed by atoms with Crippen LogP contribution in [0.15, 0.2) is 52.3 Å². The Balaban J connectivity index is 1.49. The van der Waals surface area contributed by atoms with Crippen LogP contribution in [-0.2, 0) is 4.79 Å². The van der Waals surface area contributed by atoms with Gasteiger partial charge in [0.1, 0.15) is 21.6 Å². The van der Waals surface area contributed by atoms with Gasteiger partial charge in [0, 0.05) is 44.6 Å². The number of nitrogens with zero attached hydrogens (tertiary/aromatic N) is 5. The fourth-order valence-electron chi connectivity index (χ4n) is 4.84. The number of halogens is 1. The zero-order valence-corrected chi connectivity index (χ0v) is 23.2. The van der Waals surface area contributed by atoms with Crippen molar-refractivity contribution in [2.75, 3.05) is 42.5 Å². The van der Waals surface area contributed by atoms with Crippen molar-refractivity contribution in [1.29, 1.82) is 0 Å². The number of rotatable bonds is 7. The summed E-state index contributed by atoms with van der Waals surface area (Å²) in [5, 5.41) is 0. The number of piperazine rings is 1. The number of carbonyl (C=O) groups is 1. The molecular weight excluding hydrogens is 521 g/mol. The molecule has 2 aromatic heterocycles. The van der Waals surface area contributed by atoms with E-state index in [-0.39, 0.29) is 17.3 Å². The zero-order valence-electron chi connectivity index (χ0n) is 21.5. The average Bonchev–Trinajstić information content (AvgIpc) is 3.18. The van der Waals surface area contributed by atoms with Gasteiger partial charge >= 0.3 is 0 Å². The van der Waals surface area contributed by atoms with Crippen LogP contribution < -0.4 is 15.4 Å². The summed E-state index contributed by atoms with van der Waals surface area (Å²) in [6.07, 6.45) is 6.35. The van der Waals surface area contributed by atoms with E-state index in [9.17, 15) is 14.0 Å². The Bertz CT molecular complexity index is 1460. The van der Waals surface area contributed by atoms with Crippen LogP contribution in [0.4, 0.5) is 15.9 Å². The van der Waals surface area contributed by atoms with Crippen LogP contribution in [0.25, 0.3) is 11.7 Å². The van der Waals surface area contributed by atoms with Gasteiger partial charge in [0.25, 0.3) is 11.5 Å². The smallest absolute Gasteiger partial charge is 0.267 e. The molecule has 38 heavy (non-hydrogen) atoms. The molecule has 0 aliphatic carbocycles. The van der Waals surface area contributed by atoms with E-state index >= 15 is 0 Å². The molecule has 2 fully saturated rings. The molecule has 0 atom stereocenters. The SMILES string of the molecule is CCCCCN1C(=O)C(=Cc2c(N3CCN(c4ccc(F)cc4)CC3)nc3c(C)cccn3c2=O)SC1=S. The van der Waals surface area contributed by atoms with Gasteiger partial charge < -0.3 is 9.80 Å². The van der Waals surface area contributed by atoms with E-state index in [0.717, 1.165) is 30.5 Å². The Morgan fingerprint density at radius 3 is 2.47 bits per heavy atom. The summed E-state index contributed by atoms with van der Waals surface area (Å²) in [5.41, 5.74) is 2.62. The van der Waals surface area contributed by atoms with Gasteiger partial charge in [-0.2, -0.15) is 0 Å². The molecule has 0 spiro atoms. The second kappa shape index (κ2) is 11.2. The van der Waals surface area contributed by atoms with Gasteiger partial charge in [0.2, 0.25) is 0 Å². The van der Waals surface area contributed by atoms with E-state index in [1.54, 1.807) is 33.7 Å². The summed E-state index contributed by atoms with van der Waals surface area (Å²) in [7, 11) is 0. The molecule has 3 aromatic rings. The van der Waals surface area contributed by atoms with Crippen LogP contribution >= 0.6 is 24.0 Å². The molecule has 1 amide bonds. The highest BCUT2D eigenvalue weighted by Crippen LogP contribution is 2.34. The number of pyridine rings is 1. The van der Waals surface area contributed by atoms with Crippen molar-refractivity contribution in [3.05, 3.63) is 74.8 Å². The summed E-state index contributed by atoms with van der Waals surface area (Å²) < 4.78 is 15.5. The van der Waals surface area contributed by atoms with E-state index in [1.807, 2.05) is 19.1 Å². The minimum absolute atomic E-state index is 0.156. The van der Waals surface area contributed by atoms with Crippen LogP contribution in [-0.4, -0.2) is 57.2 Å². The molecule has 2 saturated heterocycles. The lowest BCUT2D eigenvalue weighted by atomic mass is 10.2. The highest BCUT2D eigenvalue weighted by atomic mass is 32.2. The predicted molar refractivity (Wildman–Crippen MR) is 156 cm³/mol. The van der Waals surface area contributed by atoms with Crippen molar-refractivity contribution in [2.24, 2.45) is 0 Å². The number of fused-ring (bicyclic) bond motifs is 1.